The van der Waals surface area contributed by atoms with Crippen molar-refractivity contribution in [2.24, 2.45) is 5.41 Å². The third-order valence-electron chi connectivity index (χ3n) is 4.27. The van der Waals surface area contributed by atoms with Crippen molar-refractivity contribution in [2.45, 2.75) is 25.7 Å². The van der Waals surface area contributed by atoms with Crippen LogP contribution < -0.4 is 10.9 Å². The van der Waals surface area contributed by atoms with Gasteiger partial charge in [-0.1, -0.05) is 23.8 Å². The molecule has 1 aromatic carbocycles. The van der Waals surface area contributed by atoms with Crippen LogP contribution in [0.1, 0.15) is 31.2 Å². The van der Waals surface area contributed by atoms with Crippen LogP contribution in [-0.2, 0) is 9.59 Å². The fourth-order valence-electron chi connectivity index (χ4n) is 3.10. The zero-order chi connectivity index (χ0) is 14.3. The van der Waals surface area contributed by atoms with Crippen molar-refractivity contribution in [3.63, 3.8) is 0 Å². The van der Waals surface area contributed by atoms with Crippen LogP contribution in [0, 0.1) is 11.2 Å². The summed E-state index contributed by atoms with van der Waals surface area (Å²) in [6, 6.07) is 6.03. The van der Waals surface area contributed by atoms with Gasteiger partial charge in [-0.15, -0.1) is 0 Å². The topological polar surface area (TPSA) is 58.2 Å². The molecule has 0 saturated carbocycles. The molecule has 5 heteroatoms. The highest BCUT2D eigenvalue weighted by Gasteiger charge is 2.56. The predicted molar refractivity (Wildman–Crippen MR) is 70.9 cm³/mol. The first-order chi connectivity index (χ1) is 9.54. The molecular formula is C15H15FN2O2. The maximum absolute atomic E-state index is 13.1. The van der Waals surface area contributed by atoms with Gasteiger partial charge >= 0.3 is 0 Å². The SMILES string of the molecule is CC1=CCC2(C(=O)NNC2=O)C(c2ccc(F)cc2)C1. The quantitative estimate of drug-likeness (QED) is 0.606. The van der Waals surface area contributed by atoms with E-state index in [2.05, 4.69) is 10.9 Å². The standard InChI is InChI=1S/C15H15FN2O2/c1-9-6-7-15(13(19)17-18-14(15)20)12(8-9)10-2-4-11(16)5-3-10/h2-6,12H,7-8H2,1H3,(H,17,19)(H,18,20). The zero-order valence-electron chi connectivity index (χ0n) is 11.1. The van der Waals surface area contributed by atoms with E-state index in [0.717, 1.165) is 11.1 Å². The average Bonchev–Trinajstić information content (AvgIpc) is 2.71. The maximum atomic E-state index is 13.1. The number of allylic oxidation sites excluding steroid dienone is 2. The van der Waals surface area contributed by atoms with Crippen LogP contribution in [0.2, 0.25) is 0 Å². The van der Waals surface area contributed by atoms with E-state index in [0.29, 0.717) is 12.8 Å². The summed E-state index contributed by atoms with van der Waals surface area (Å²) in [4.78, 5) is 24.4. The van der Waals surface area contributed by atoms with Crippen LogP contribution in [0.3, 0.4) is 0 Å². The zero-order valence-corrected chi connectivity index (χ0v) is 11.1. The van der Waals surface area contributed by atoms with Gasteiger partial charge in [-0.25, -0.2) is 4.39 Å². The van der Waals surface area contributed by atoms with Gasteiger partial charge in [0.1, 0.15) is 11.2 Å². The molecule has 2 amide bonds. The predicted octanol–water partition coefficient (Wildman–Crippen LogP) is 1.80. The van der Waals surface area contributed by atoms with Gasteiger partial charge in [0.15, 0.2) is 0 Å². The Morgan fingerprint density at radius 3 is 2.35 bits per heavy atom. The lowest BCUT2D eigenvalue weighted by atomic mass is 9.64. The molecule has 2 N–H and O–H groups in total. The van der Waals surface area contributed by atoms with E-state index in [-0.39, 0.29) is 23.5 Å². The Morgan fingerprint density at radius 1 is 1.15 bits per heavy atom. The largest absolute Gasteiger partial charge is 0.272 e. The summed E-state index contributed by atoms with van der Waals surface area (Å²) in [6.07, 6.45) is 2.93. The number of benzene rings is 1. The molecule has 1 fully saturated rings. The molecule has 0 bridgehead atoms. The molecule has 2 aliphatic rings. The number of carbonyl (C=O) groups excluding carboxylic acids is 2. The molecule has 1 aliphatic carbocycles. The Labute approximate surface area is 116 Å². The third-order valence-corrected chi connectivity index (χ3v) is 4.27. The lowest BCUT2D eigenvalue weighted by Crippen LogP contribution is -2.43. The molecule has 3 rings (SSSR count). The second-order valence-corrected chi connectivity index (χ2v) is 5.44. The minimum Gasteiger partial charge on any atom is -0.272 e. The first kappa shape index (κ1) is 12.8. The number of halogens is 1. The molecule has 1 spiro atoms. The number of nitrogens with one attached hydrogen (secondary N) is 2. The van der Waals surface area contributed by atoms with Crippen LogP contribution in [0.15, 0.2) is 35.9 Å². The van der Waals surface area contributed by atoms with Crippen molar-refractivity contribution >= 4 is 11.8 Å². The average molecular weight is 274 g/mol. The van der Waals surface area contributed by atoms with Gasteiger partial charge in [0, 0.05) is 5.92 Å². The summed E-state index contributed by atoms with van der Waals surface area (Å²) in [6.45, 7) is 1.98. The monoisotopic (exact) mass is 274 g/mol. The number of hydrazine groups is 1. The fraction of sp³-hybridized carbons (Fsp3) is 0.333. The van der Waals surface area contributed by atoms with E-state index >= 15 is 0 Å². The van der Waals surface area contributed by atoms with Gasteiger partial charge in [-0.2, -0.15) is 0 Å². The molecule has 1 atom stereocenters. The van der Waals surface area contributed by atoms with E-state index in [1.807, 2.05) is 13.0 Å². The first-order valence-electron chi connectivity index (χ1n) is 6.56. The maximum Gasteiger partial charge on any atom is 0.255 e. The van der Waals surface area contributed by atoms with Crippen LogP contribution >= 0.6 is 0 Å². The molecule has 1 aliphatic heterocycles. The molecule has 0 radical (unpaired) electrons. The van der Waals surface area contributed by atoms with Crippen LogP contribution in [0.5, 0.6) is 0 Å². The highest BCUT2D eigenvalue weighted by atomic mass is 19.1. The number of hydrogen-bond acceptors (Lipinski definition) is 2. The molecule has 1 unspecified atom stereocenters. The summed E-state index contributed by atoms with van der Waals surface area (Å²) in [5, 5.41) is 0. The molecule has 4 nitrogen and oxygen atoms in total. The van der Waals surface area contributed by atoms with Crippen molar-refractivity contribution in [1.29, 1.82) is 0 Å². The van der Waals surface area contributed by atoms with Gasteiger partial charge in [0.25, 0.3) is 11.8 Å². The van der Waals surface area contributed by atoms with Gasteiger partial charge < -0.3 is 0 Å². The van der Waals surface area contributed by atoms with Crippen molar-refractivity contribution < 1.29 is 14.0 Å². The summed E-state index contributed by atoms with van der Waals surface area (Å²) in [5.74, 6) is -1.21. The Balaban J connectivity index is 2.10. The lowest BCUT2D eigenvalue weighted by molar-refractivity contribution is -0.137. The lowest BCUT2D eigenvalue weighted by Gasteiger charge is -2.35. The molecule has 1 saturated heterocycles. The van der Waals surface area contributed by atoms with Crippen molar-refractivity contribution in [1.82, 2.24) is 10.9 Å². The molecule has 104 valence electrons. The van der Waals surface area contributed by atoms with E-state index in [4.69, 9.17) is 0 Å². The smallest absolute Gasteiger partial charge is 0.255 e. The number of hydrogen-bond donors (Lipinski definition) is 2. The van der Waals surface area contributed by atoms with Gasteiger partial charge in [0.2, 0.25) is 0 Å². The Kier molecular flexibility index (Phi) is 2.85. The third kappa shape index (κ3) is 1.73. The minimum atomic E-state index is -1.11. The van der Waals surface area contributed by atoms with E-state index in [1.54, 1.807) is 12.1 Å². The summed E-state index contributed by atoms with van der Waals surface area (Å²) in [5.41, 5.74) is 5.66. The van der Waals surface area contributed by atoms with Gasteiger partial charge in [-0.3, -0.25) is 20.4 Å². The molecule has 20 heavy (non-hydrogen) atoms. The van der Waals surface area contributed by atoms with E-state index in [1.165, 1.54) is 12.1 Å². The Morgan fingerprint density at radius 2 is 1.75 bits per heavy atom. The van der Waals surface area contributed by atoms with E-state index in [9.17, 15) is 14.0 Å². The summed E-state index contributed by atoms with van der Waals surface area (Å²) >= 11 is 0. The summed E-state index contributed by atoms with van der Waals surface area (Å²) in [7, 11) is 0. The minimum absolute atomic E-state index is 0.268. The molecule has 1 heterocycles. The second-order valence-electron chi connectivity index (χ2n) is 5.44. The van der Waals surface area contributed by atoms with Crippen LogP contribution in [0.4, 0.5) is 4.39 Å². The number of amides is 2. The highest BCUT2D eigenvalue weighted by molar-refractivity contribution is 6.11. The normalized spacial score (nSPS) is 24.3. The number of rotatable bonds is 1. The highest BCUT2D eigenvalue weighted by Crippen LogP contribution is 2.48. The molecular weight excluding hydrogens is 259 g/mol. The summed E-state index contributed by atoms with van der Waals surface area (Å²) < 4.78 is 13.1. The number of carbonyl (C=O) groups is 2. The van der Waals surface area contributed by atoms with Crippen molar-refractivity contribution in [3.8, 4) is 0 Å². The van der Waals surface area contributed by atoms with Gasteiger partial charge in [0.05, 0.1) is 0 Å². The van der Waals surface area contributed by atoms with Crippen molar-refractivity contribution in [3.05, 3.63) is 47.3 Å². The molecule has 1 aromatic rings. The Hall–Kier alpha value is -2.17. The van der Waals surface area contributed by atoms with Gasteiger partial charge in [-0.05, 0) is 37.5 Å². The Bertz CT molecular complexity index is 591. The van der Waals surface area contributed by atoms with Crippen LogP contribution in [-0.4, -0.2) is 11.8 Å². The second kappa shape index (κ2) is 4.44. The first-order valence-corrected chi connectivity index (χ1v) is 6.56. The van der Waals surface area contributed by atoms with E-state index < -0.39 is 5.41 Å². The molecule has 0 aromatic heterocycles. The van der Waals surface area contributed by atoms with Crippen LogP contribution in [0.25, 0.3) is 0 Å². The fourth-order valence-corrected chi connectivity index (χ4v) is 3.10. The van der Waals surface area contributed by atoms with Crippen molar-refractivity contribution in [2.75, 3.05) is 0 Å².